The van der Waals surface area contributed by atoms with Gasteiger partial charge >= 0.3 is 5.97 Å². The molecule has 1 aromatic carbocycles. The van der Waals surface area contributed by atoms with E-state index in [1.165, 1.54) is 0 Å². The standard InChI is InChI=1S/C17H23ClO3/c1-5-10(2)16(19)14-8-6-13(7-9-14)11(3)12(4)15(18)17(20)21/h6-12,15H,5H2,1-4H3,(H,20,21). The average Bonchev–Trinajstić information content (AvgIpc) is 2.51. The summed E-state index contributed by atoms with van der Waals surface area (Å²) < 4.78 is 0. The van der Waals surface area contributed by atoms with Crippen molar-refractivity contribution >= 4 is 23.4 Å². The fourth-order valence-corrected chi connectivity index (χ4v) is 2.42. The predicted molar refractivity (Wildman–Crippen MR) is 85.1 cm³/mol. The number of benzene rings is 1. The van der Waals surface area contributed by atoms with Gasteiger partial charge < -0.3 is 5.11 Å². The molecule has 0 aliphatic rings. The topological polar surface area (TPSA) is 54.4 Å². The number of halogens is 1. The zero-order chi connectivity index (χ0) is 16.2. The van der Waals surface area contributed by atoms with E-state index in [9.17, 15) is 9.59 Å². The smallest absolute Gasteiger partial charge is 0.321 e. The summed E-state index contributed by atoms with van der Waals surface area (Å²) in [4.78, 5) is 23.0. The van der Waals surface area contributed by atoms with E-state index in [1.54, 1.807) is 0 Å². The van der Waals surface area contributed by atoms with E-state index in [1.807, 2.05) is 52.0 Å². The van der Waals surface area contributed by atoms with Gasteiger partial charge in [-0.15, -0.1) is 11.6 Å². The highest BCUT2D eigenvalue weighted by Gasteiger charge is 2.27. The van der Waals surface area contributed by atoms with Crippen molar-refractivity contribution in [2.75, 3.05) is 0 Å². The molecular weight excluding hydrogens is 288 g/mol. The quantitative estimate of drug-likeness (QED) is 0.602. The van der Waals surface area contributed by atoms with Crippen LogP contribution in [0, 0.1) is 11.8 Å². The van der Waals surface area contributed by atoms with Crippen LogP contribution in [0.1, 0.15) is 56.0 Å². The molecule has 0 saturated carbocycles. The van der Waals surface area contributed by atoms with E-state index in [-0.39, 0.29) is 23.5 Å². The van der Waals surface area contributed by atoms with Crippen molar-refractivity contribution in [3.63, 3.8) is 0 Å². The lowest BCUT2D eigenvalue weighted by Gasteiger charge is -2.22. The van der Waals surface area contributed by atoms with Gasteiger partial charge in [0.2, 0.25) is 0 Å². The molecule has 0 amide bonds. The minimum absolute atomic E-state index is 0.0105. The summed E-state index contributed by atoms with van der Waals surface area (Å²) in [5, 5.41) is 8.06. The Labute approximate surface area is 131 Å². The predicted octanol–water partition coefficient (Wildman–Crippen LogP) is 4.35. The van der Waals surface area contributed by atoms with Crippen molar-refractivity contribution in [3.05, 3.63) is 35.4 Å². The normalized spacial score (nSPS) is 16.8. The number of alkyl halides is 1. The molecule has 0 aliphatic carbocycles. The lowest BCUT2D eigenvalue weighted by molar-refractivity contribution is -0.137. The number of rotatable bonds is 7. The Balaban J connectivity index is 2.87. The van der Waals surface area contributed by atoms with Gasteiger partial charge in [0.25, 0.3) is 0 Å². The summed E-state index contributed by atoms with van der Waals surface area (Å²) in [5.41, 5.74) is 1.70. The molecule has 1 aromatic rings. The molecule has 3 nitrogen and oxygen atoms in total. The molecule has 0 aromatic heterocycles. The van der Waals surface area contributed by atoms with E-state index < -0.39 is 11.3 Å². The summed E-state index contributed by atoms with van der Waals surface area (Å²) in [6.07, 6.45) is 0.820. The van der Waals surface area contributed by atoms with Gasteiger partial charge in [-0.3, -0.25) is 9.59 Å². The van der Waals surface area contributed by atoms with E-state index in [2.05, 4.69) is 0 Å². The molecule has 0 saturated heterocycles. The maximum atomic E-state index is 12.1. The third-order valence-electron chi connectivity index (χ3n) is 4.27. The number of Topliss-reactive ketones (excluding diaryl/α,β-unsaturated/α-hetero) is 1. The summed E-state index contributed by atoms with van der Waals surface area (Å²) in [6.45, 7) is 7.70. The molecule has 0 spiro atoms. The Morgan fingerprint density at radius 1 is 1.14 bits per heavy atom. The molecule has 0 radical (unpaired) electrons. The van der Waals surface area contributed by atoms with Crippen molar-refractivity contribution < 1.29 is 14.7 Å². The van der Waals surface area contributed by atoms with Crippen LogP contribution < -0.4 is 0 Å². The second kappa shape index (κ2) is 7.60. The average molecular weight is 311 g/mol. The highest BCUT2D eigenvalue weighted by atomic mass is 35.5. The van der Waals surface area contributed by atoms with E-state index in [4.69, 9.17) is 16.7 Å². The van der Waals surface area contributed by atoms with Crippen LogP contribution in [0.15, 0.2) is 24.3 Å². The lowest BCUT2D eigenvalue weighted by atomic mass is 9.85. The van der Waals surface area contributed by atoms with Crippen molar-refractivity contribution in [3.8, 4) is 0 Å². The van der Waals surface area contributed by atoms with Crippen molar-refractivity contribution in [2.45, 2.75) is 45.4 Å². The van der Waals surface area contributed by atoms with Gasteiger partial charge in [-0.2, -0.15) is 0 Å². The number of hydrogen-bond donors (Lipinski definition) is 1. The van der Waals surface area contributed by atoms with Gasteiger partial charge in [0, 0.05) is 11.5 Å². The monoisotopic (exact) mass is 310 g/mol. The molecule has 4 unspecified atom stereocenters. The SMILES string of the molecule is CCC(C)C(=O)c1ccc(C(C)C(C)C(Cl)C(=O)O)cc1. The van der Waals surface area contributed by atoms with E-state index >= 15 is 0 Å². The Hall–Kier alpha value is -1.35. The molecule has 116 valence electrons. The summed E-state index contributed by atoms with van der Waals surface area (Å²) in [7, 11) is 0. The molecule has 0 aliphatic heterocycles. The number of aliphatic carboxylic acids is 1. The Kier molecular flexibility index (Phi) is 6.41. The van der Waals surface area contributed by atoms with Gasteiger partial charge in [0.05, 0.1) is 0 Å². The molecule has 4 heteroatoms. The van der Waals surface area contributed by atoms with Gasteiger partial charge in [-0.25, -0.2) is 0 Å². The highest BCUT2D eigenvalue weighted by Crippen LogP contribution is 2.29. The zero-order valence-electron chi connectivity index (χ0n) is 13.0. The fourth-order valence-electron chi connectivity index (χ4n) is 2.20. The van der Waals surface area contributed by atoms with Crippen molar-refractivity contribution in [1.29, 1.82) is 0 Å². The maximum Gasteiger partial charge on any atom is 0.321 e. The highest BCUT2D eigenvalue weighted by molar-refractivity contribution is 6.29. The van der Waals surface area contributed by atoms with Gasteiger partial charge in [0.1, 0.15) is 5.38 Å². The first-order valence-electron chi connectivity index (χ1n) is 7.30. The summed E-state index contributed by atoms with van der Waals surface area (Å²) in [6, 6.07) is 7.42. The molecular formula is C17H23ClO3. The van der Waals surface area contributed by atoms with Crippen LogP contribution in [0.5, 0.6) is 0 Å². The third-order valence-corrected chi connectivity index (χ3v) is 4.85. The maximum absolute atomic E-state index is 12.1. The second-order valence-corrected chi connectivity index (χ2v) is 6.15. The Morgan fingerprint density at radius 3 is 2.10 bits per heavy atom. The van der Waals surface area contributed by atoms with E-state index in [0.717, 1.165) is 12.0 Å². The molecule has 0 bridgehead atoms. The third kappa shape index (κ3) is 4.31. The fraction of sp³-hybridized carbons (Fsp3) is 0.529. The van der Waals surface area contributed by atoms with Crippen molar-refractivity contribution in [1.82, 2.24) is 0 Å². The number of ketones is 1. The van der Waals surface area contributed by atoms with Crippen LogP contribution in [0.2, 0.25) is 0 Å². The first-order chi connectivity index (χ1) is 9.79. The van der Waals surface area contributed by atoms with Crippen LogP contribution in [-0.4, -0.2) is 22.2 Å². The first-order valence-corrected chi connectivity index (χ1v) is 7.74. The number of carbonyl (C=O) groups excluding carboxylic acids is 1. The zero-order valence-corrected chi connectivity index (χ0v) is 13.7. The van der Waals surface area contributed by atoms with Crippen LogP contribution in [0.25, 0.3) is 0 Å². The van der Waals surface area contributed by atoms with Gasteiger partial charge in [-0.1, -0.05) is 52.0 Å². The Bertz CT molecular complexity index is 495. The number of carboxylic acids is 1. The van der Waals surface area contributed by atoms with Crippen LogP contribution in [0.4, 0.5) is 0 Å². The Morgan fingerprint density at radius 2 is 1.67 bits per heavy atom. The molecule has 21 heavy (non-hydrogen) atoms. The van der Waals surface area contributed by atoms with Crippen LogP contribution in [0.3, 0.4) is 0 Å². The molecule has 4 atom stereocenters. The van der Waals surface area contributed by atoms with E-state index in [0.29, 0.717) is 5.56 Å². The second-order valence-electron chi connectivity index (χ2n) is 5.68. The number of carboxylic acid groups (broad SMARTS) is 1. The largest absolute Gasteiger partial charge is 0.480 e. The van der Waals surface area contributed by atoms with Crippen molar-refractivity contribution in [2.24, 2.45) is 11.8 Å². The number of hydrogen-bond acceptors (Lipinski definition) is 2. The molecule has 1 rings (SSSR count). The molecule has 0 heterocycles. The lowest BCUT2D eigenvalue weighted by Crippen LogP contribution is -2.25. The van der Waals surface area contributed by atoms with Gasteiger partial charge in [-0.05, 0) is 23.8 Å². The first kappa shape index (κ1) is 17.7. The van der Waals surface area contributed by atoms with Crippen LogP contribution in [-0.2, 0) is 4.79 Å². The summed E-state index contributed by atoms with van der Waals surface area (Å²) in [5.74, 6) is -1.02. The minimum Gasteiger partial charge on any atom is -0.480 e. The minimum atomic E-state index is -1.00. The van der Waals surface area contributed by atoms with Gasteiger partial charge in [0.15, 0.2) is 5.78 Å². The number of carbonyl (C=O) groups is 2. The summed E-state index contributed by atoms with van der Waals surface area (Å²) >= 11 is 5.90. The molecule has 0 fully saturated rings. The van der Waals surface area contributed by atoms with Crippen LogP contribution >= 0.6 is 11.6 Å². The molecule has 1 N–H and O–H groups in total.